The van der Waals surface area contributed by atoms with Gasteiger partial charge < -0.3 is 10.5 Å². The fourth-order valence-electron chi connectivity index (χ4n) is 1.75. The molecule has 0 atom stereocenters. The number of rotatable bonds is 4. The van der Waals surface area contributed by atoms with Crippen LogP contribution in [0.5, 0.6) is 11.5 Å². The monoisotopic (exact) mass is 369 g/mol. The highest BCUT2D eigenvalue weighted by atomic mass is 79.9. The van der Waals surface area contributed by atoms with Gasteiger partial charge in [0.25, 0.3) is 0 Å². The molecular formula is C15H13BrClNOS. The van der Waals surface area contributed by atoms with Gasteiger partial charge in [-0.2, -0.15) is 0 Å². The first-order valence-corrected chi connectivity index (χ1v) is 7.64. The summed E-state index contributed by atoms with van der Waals surface area (Å²) in [6.07, 6.45) is 0.859. The summed E-state index contributed by atoms with van der Waals surface area (Å²) in [7, 11) is 0. The zero-order valence-corrected chi connectivity index (χ0v) is 14.0. The van der Waals surface area contributed by atoms with E-state index in [0.717, 1.165) is 32.8 Å². The second kappa shape index (κ2) is 6.57. The molecule has 0 amide bonds. The van der Waals surface area contributed by atoms with E-state index in [2.05, 4.69) is 22.9 Å². The van der Waals surface area contributed by atoms with E-state index in [1.54, 1.807) is 0 Å². The maximum absolute atomic E-state index is 6.09. The van der Waals surface area contributed by atoms with Crippen LogP contribution in [0, 0.1) is 0 Å². The van der Waals surface area contributed by atoms with E-state index in [1.165, 1.54) is 0 Å². The molecule has 0 saturated carbocycles. The Morgan fingerprint density at radius 3 is 2.65 bits per heavy atom. The molecule has 0 heterocycles. The summed E-state index contributed by atoms with van der Waals surface area (Å²) in [6, 6.07) is 11.1. The summed E-state index contributed by atoms with van der Waals surface area (Å²) in [5, 5.41) is 0.753. The molecule has 0 aliphatic rings. The van der Waals surface area contributed by atoms with Gasteiger partial charge in [0, 0.05) is 10.6 Å². The number of aryl methyl sites for hydroxylation is 1. The molecule has 0 saturated heterocycles. The Bertz CT molecular complexity index is 660. The van der Waals surface area contributed by atoms with Crippen molar-refractivity contribution >= 4 is 44.7 Å². The van der Waals surface area contributed by atoms with Gasteiger partial charge in [-0.25, -0.2) is 0 Å². The molecule has 104 valence electrons. The predicted octanol–water partition coefficient (Wildman–Crippen LogP) is 5.09. The SMILES string of the molecule is CCc1cc(Oc2ccc(C(N)=S)cc2Br)ccc1Cl. The summed E-state index contributed by atoms with van der Waals surface area (Å²) in [4.78, 5) is 0.358. The maximum Gasteiger partial charge on any atom is 0.141 e. The van der Waals surface area contributed by atoms with Crippen LogP contribution in [0.2, 0.25) is 5.02 Å². The minimum atomic E-state index is 0.358. The van der Waals surface area contributed by atoms with Crippen LogP contribution in [0.25, 0.3) is 0 Å². The fraction of sp³-hybridized carbons (Fsp3) is 0.133. The van der Waals surface area contributed by atoms with E-state index in [4.69, 9.17) is 34.3 Å². The largest absolute Gasteiger partial charge is 0.456 e. The van der Waals surface area contributed by atoms with Crippen molar-refractivity contribution in [1.29, 1.82) is 0 Å². The molecule has 0 bridgehead atoms. The third kappa shape index (κ3) is 3.51. The van der Waals surface area contributed by atoms with Gasteiger partial charge in [0.2, 0.25) is 0 Å². The zero-order chi connectivity index (χ0) is 14.7. The lowest BCUT2D eigenvalue weighted by Gasteiger charge is -2.10. The first-order valence-electron chi connectivity index (χ1n) is 6.07. The second-order valence-electron chi connectivity index (χ2n) is 4.22. The molecule has 0 aliphatic carbocycles. The van der Waals surface area contributed by atoms with Crippen molar-refractivity contribution in [2.24, 2.45) is 5.73 Å². The van der Waals surface area contributed by atoms with Gasteiger partial charge in [0.15, 0.2) is 0 Å². The Morgan fingerprint density at radius 2 is 2.05 bits per heavy atom. The first-order chi connectivity index (χ1) is 9.51. The van der Waals surface area contributed by atoms with E-state index in [-0.39, 0.29) is 0 Å². The van der Waals surface area contributed by atoms with Gasteiger partial charge in [-0.3, -0.25) is 0 Å². The lowest BCUT2D eigenvalue weighted by molar-refractivity contribution is 0.479. The Morgan fingerprint density at radius 1 is 1.30 bits per heavy atom. The molecule has 0 unspecified atom stereocenters. The van der Waals surface area contributed by atoms with Crippen molar-refractivity contribution < 1.29 is 4.74 Å². The molecule has 0 aromatic heterocycles. The second-order valence-corrected chi connectivity index (χ2v) is 5.92. The molecule has 0 fully saturated rings. The zero-order valence-electron chi connectivity index (χ0n) is 10.8. The van der Waals surface area contributed by atoms with E-state index >= 15 is 0 Å². The van der Waals surface area contributed by atoms with Crippen LogP contribution >= 0.6 is 39.7 Å². The molecule has 20 heavy (non-hydrogen) atoms. The molecule has 0 aliphatic heterocycles. The predicted molar refractivity (Wildman–Crippen MR) is 90.9 cm³/mol. The van der Waals surface area contributed by atoms with Gasteiger partial charge in [-0.05, 0) is 64.3 Å². The quantitative estimate of drug-likeness (QED) is 0.761. The van der Waals surface area contributed by atoms with Crippen LogP contribution in [0.1, 0.15) is 18.1 Å². The van der Waals surface area contributed by atoms with Crippen molar-refractivity contribution in [2.45, 2.75) is 13.3 Å². The summed E-state index contributed by atoms with van der Waals surface area (Å²) in [5.41, 5.74) is 7.45. The molecule has 2 aromatic rings. The maximum atomic E-state index is 6.09. The van der Waals surface area contributed by atoms with Crippen LogP contribution in [-0.4, -0.2) is 4.99 Å². The summed E-state index contributed by atoms with van der Waals surface area (Å²) < 4.78 is 6.65. The van der Waals surface area contributed by atoms with E-state index in [9.17, 15) is 0 Å². The van der Waals surface area contributed by atoms with Gasteiger partial charge in [-0.15, -0.1) is 0 Å². The molecule has 2 aromatic carbocycles. The average molecular weight is 371 g/mol. The van der Waals surface area contributed by atoms with Crippen LogP contribution in [0.3, 0.4) is 0 Å². The number of hydrogen-bond acceptors (Lipinski definition) is 2. The Kier molecular flexibility index (Phi) is 5.02. The summed E-state index contributed by atoms with van der Waals surface area (Å²) >= 11 is 14.5. The Labute approximate surface area is 137 Å². The first kappa shape index (κ1) is 15.3. The minimum absolute atomic E-state index is 0.358. The summed E-state index contributed by atoms with van der Waals surface area (Å²) in [6.45, 7) is 2.05. The molecule has 0 spiro atoms. The highest BCUT2D eigenvalue weighted by Crippen LogP contribution is 2.32. The van der Waals surface area contributed by atoms with Crippen molar-refractivity contribution in [2.75, 3.05) is 0 Å². The Hall–Kier alpha value is -1.10. The fourth-order valence-corrected chi connectivity index (χ4v) is 2.59. The van der Waals surface area contributed by atoms with Gasteiger partial charge >= 0.3 is 0 Å². The highest BCUT2D eigenvalue weighted by Gasteiger charge is 2.07. The number of hydrogen-bond donors (Lipinski definition) is 1. The van der Waals surface area contributed by atoms with Crippen LogP contribution in [-0.2, 0) is 6.42 Å². The molecule has 0 radical (unpaired) electrons. The number of nitrogens with two attached hydrogens (primary N) is 1. The van der Waals surface area contributed by atoms with Crippen LogP contribution < -0.4 is 10.5 Å². The van der Waals surface area contributed by atoms with Gasteiger partial charge in [-0.1, -0.05) is 30.7 Å². The number of halogens is 2. The van der Waals surface area contributed by atoms with E-state index in [1.807, 2.05) is 36.4 Å². The molecule has 5 heteroatoms. The molecule has 2 rings (SSSR count). The smallest absolute Gasteiger partial charge is 0.141 e. The van der Waals surface area contributed by atoms with E-state index < -0.39 is 0 Å². The molecule has 2 nitrogen and oxygen atoms in total. The lowest BCUT2D eigenvalue weighted by Crippen LogP contribution is -2.09. The van der Waals surface area contributed by atoms with Crippen molar-refractivity contribution in [3.05, 3.63) is 57.0 Å². The standard InChI is InChI=1S/C15H13BrClNOS/c1-2-9-7-11(4-5-13(9)17)19-14-6-3-10(15(18)20)8-12(14)16/h3-8H,2H2,1H3,(H2,18,20). The average Bonchev–Trinajstić information content (AvgIpc) is 2.42. The normalized spacial score (nSPS) is 10.3. The van der Waals surface area contributed by atoms with E-state index in [0.29, 0.717) is 10.7 Å². The summed E-state index contributed by atoms with van der Waals surface area (Å²) in [5.74, 6) is 1.45. The number of ether oxygens (including phenoxy) is 1. The van der Waals surface area contributed by atoms with Crippen molar-refractivity contribution in [3.63, 3.8) is 0 Å². The topological polar surface area (TPSA) is 35.2 Å². The lowest BCUT2D eigenvalue weighted by atomic mass is 10.1. The Balaban J connectivity index is 2.28. The van der Waals surface area contributed by atoms with Gasteiger partial charge in [0.05, 0.1) is 4.47 Å². The minimum Gasteiger partial charge on any atom is -0.456 e. The molecular weight excluding hydrogens is 358 g/mol. The van der Waals surface area contributed by atoms with Crippen LogP contribution in [0.4, 0.5) is 0 Å². The van der Waals surface area contributed by atoms with Crippen LogP contribution in [0.15, 0.2) is 40.9 Å². The number of benzene rings is 2. The third-order valence-electron chi connectivity index (χ3n) is 2.84. The number of thiocarbonyl (C=S) groups is 1. The molecule has 2 N–H and O–H groups in total. The van der Waals surface area contributed by atoms with Crippen molar-refractivity contribution in [1.82, 2.24) is 0 Å². The van der Waals surface area contributed by atoms with Crippen molar-refractivity contribution in [3.8, 4) is 11.5 Å². The highest BCUT2D eigenvalue weighted by molar-refractivity contribution is 9.10. The van der Waals surface area contributed by atoms with Gasteiger partial charge in [0.1, 0.15) is 16.5 Å². The third-order valence-corrected chi connectivity index (χ3v) is 4.07.